The first-order valence-corrected chi connectivity index (χ1v) is 7.02. The molecule has 104 valence electrons. The number of hydrogen-bond acceptors (Lipinski definition) is 2. The summed E-state index contributed by atoms with van der Waals surface area (Å²) in [4.78, 5) is 0. The minimum atomic E-state index is 0.0891. The summed E-state index contributed by atoms with van der Waals surface area (Å²) in [5, 5.41) is 15.6. The number of aromatic nitrogens is 2. The van der Waals surface area contributed by atoms with E-state index >= 15 is 0 Å². The monoisotopic (exact) mass is 260 g/mol. The van der Waals surface area contributed by atoms with Gasteiger partial charge in [-0.1, -0.05) is 39.0 Å². The van der Waals surface area contributed by atoms with Gasteiger partial charge in [0.15, 0.2) is 0 Å². The first kappa shape index (κ1) is 14.1. The van der Waals surface area contributed by atoms with E-state index in [9.17, 15) is 5.11 Å². The molecule has 0 aliphatic rings. The summed E-state index contributed by atoms with van der Waals surface area (Å²) in [6, 6.07) is 8.34. The van der Waals surface area contributed by atoms with Crippen LogP contribution in [0.15, 0.2) is 24.3 Å². The number of rotatable bonds is 4. The van der Waals surface area contributed by atoms with Crippen molar-refractivity contribution in [1.29, 1.82) is 0 Å². The van der Waals surface area contributed by atoms with E-state index in [1.807, 2.05) is 10.7 Å². The van der Waals surface area contributed by atoms with E-state index in [0.29, 0.717) is 0 Å². The lowest BCUT2D eigenvalue weighted by Gasteiger charge is -2.28. The Hall–Kier alpha value is -1.35. The lowest BCUT2D eigenvalue weighted by molar-refractivity contribution is 0.130. The van der Waals surface area contributed by atoms with Crippen LogP contribution in [0.1, 0.15) is 33.4 Å². The number of para-hydroxylation sites is 1. The fourth-order valence-corrected chi connectivity index (χ4v) is 2.47. The van der Waals surface area contributed by atoms with Crippen molar-refractivity contribution in [2.24, 2.45) is 11.3 Å². The maximum absolute atomic E-state index is 9.62. The number of nitrogens with zero attached hydrogens (tertiary/aromatic N) is 2. The third-order valence-electron chi connectivity index (χ3n) is 3.92. The van der Waals surface area contributed by atoms with Gasteiger partial charge in [-0.15, -0.1) is 0 Å². The van der Waals surface area contributed by atoms with Gasteiger partial charge in [0.25, 0.3) is 0 Å². The topological polar surface area (TPSA) is 38.0 Å². The summed E-state index contributed by atoms with van der Waals surface area (Å²) >= 11 is 0. The highest BCUT2D eigenvalue weighted by Crippen LogP contribution is 2.30. The molecule has 0 fully saturated rings. The molecule has 3 heteroatoms. The third-order valence-corrected chi connectivity index (χ3v) is 3.92. The van der Waals surface area contributed by atoms with Crippen LogP contribution in [-0.4, -0.2) is 21.5 Å². The maximum atomic E-state index is 9.62. The average molecular weight is 260 g/mol. The molecule has 0 amide bonds. The van der Waals surface area contributed by atoms with Crippen molar-refractivity contribution in [1.82, 2.24) is 9.78 Å². The van der Waals surface area contributed by atoms with Crippen molar-refractivity contribution in [2.45, 2.75) is 40.7 Å². The Morgan fingerprint density at radius 3 is 2.53 bits per heavy atom. The molecule has 0 aliphatic carbocycles. The standard InChI is InChI=1S/C16H24N2O/c1-5-18-15-9-7-6-8-13(15)14(17-18)10-12(11-19)16(2,3)4/h6-9,12,19H,5,10-11H2,1-4H3. The lowest BCUT2D eigenvalue weighted by Crippen LogP contribution is -2.26. The van der Waals surface area contributed by atoms with Crippen molar-refractivity contribution < 1.29 is 5.11 Å². The summed E-state index contributed by atoms with van der Waals surface area (Å²) in [6.07, 6.45) is 0.827. The lowest BCUT2D eigenvalue weighted by atomic mass is 9.78. The van der Waals surface area contributed by atoms with Gasteiger partial charge in [0.1, 0.15) is 0 Å². The number of aliphatic hydroxyl groups excluding tert-OH is 1. The van der Waals surface area contributed by atoms with Crippen LogP contribution >= 0.6 is 0 Å². The molecule has 19 heavy (non-hydrogen) atoms. The average Bonchev–Trinajstić information content (AvgIpc) is 2.73. The molecular formula is C16H24N2O. The van der Waals surface area contributed by atoms with E-state index in [2.05, 4.69) is 45.9 Å². The summed E-state index contributed by atoms with van der Waals surface area (Å²) < 4.78 is 2.04. The van der Waals surface area contributed by atoms with Crippen LogP contribution in [0, 0.1) is 11.3 Å². The van der Waals surface area contributed by atoms with E-state index in [4.69, 9.17) is 5.10 Å². The Balaban J connectivity index is 2.40. The molecule has 2 aromatic rings. The molecule has 1 aromatic carbocycles. The van der Waals surface area contributed by atoms with E-state index in [0.717, 1.165) is 18.7 Å². The molecule has 0 spiro atoms. The summed E-state index contributed by atoms with van der Waals surface area (Å²) in [7, 11) is 0. The molecule has 0 saturated heterocycles. The normalized spacial score (nSPS) is 13.9. The molecule has 1 heterocycles. The number of fused-ring (bicyclic) bond motifs is 1. The van der Waals surface area contributed by atoms with Crippen LogP contribution in [0.5, 0.6) is 0 Å². The Morgan fingerprint density at radius 1 is 1.26 bits per heavy atom. The van der Waals surface area contributed by atoms with Gasteiger partial charge in [0.2, 0.25) is 0 Å². The number of aryl methyl sites for hydroxylation is 1. The van der Waals surface area contributed by atoms with E-state index in [-0.39, 0.29) is 17.9 Å². The van der Waals surface area contributed by atoms with Crippen LogP contribution < -0.4 is 0 Å². The highest BCUT2D eigenvalue weighted by molar-refractivity contribution is 5.81. The Morgan fingerprint density at radius 2 is 1.95 bits per heavy atom. The summed E-state index contributed by atoms with van der Waals surface area (Å²) in [6.45, 7) is 9.71. The number of hydrogen-bond donors (Lipinski definition) is 1. The maximum Gasteiger partial charge on any atom is 0.0707 e. The van der Waals surface area contributed by atoms with Crippen molar-refractivity contribution in [3.63, 3.8) is 0 Å². The van der Waals surface area contributed by atoms with Gasteiger partial charge >= 0.3 is 0 Å². The second kappa shape index (κ2) is 5.33. The van der Waals surface area contributed by atoms with Crippen LogP contribution in [0.25, 0.3) is 10.9 Å². The zero-order valence-electron chi connectivity index (χ0n) is 12.3. The fourth-order valence-electron chi connectivity index (χ4n) is 2.47. The van der Waals surface area contributed by atoms with Crippen LogP contribution in [-0.2, 0) is 13.0 Å². The molecule has 2 rings (SSSR count). The summed E-state index contributed by atoms with van der Waals surface area (Å²) in [5.74, 6) is 0.233. The third kappa shape index (κ3) is 2.81. The Kier molecular flexibility index (Phi) is 3.95. The zero-order chi connectivity index (χ0) is 14.0. The van der Waals surface area contributed by atoms with Gasteiger partial charge in [0, 0.05) is 18.5 Å². The van der Waals surface area contributed by atoms with Gasteiger partial charge in [-0.2, -0.15) is 5.10 Å². The van der Waals surface area contributed by atoms with Crippen LogP contribution in [0.4, 0.5) is 0 Å². The van der Waals surface area contributed by atoms with Gasteiger partial charge < -0.3 is 5.11 Å². The first-order valence-electron chi connectivity index (χ1n) is 7.02. The zero-order valence-corrected chi connectivity index (χ0v) is 12.3. The minimum absolute atomic E-state index is 0.0891. The molecule has 1 unspecified atom stereocenters. The molecule has 0 aliphatic heterocycles. The van der Waals surface area contributed by atoms with Gasteiger partial charge in [0.05, 0.1) is 11.2 Å². The van der Waals surface area contributed by atoms with E-state index in [1.165, 1.54) is 10.9 Å². The van der Waals surface area contributed by atoms with E-state index in [1.54, 1.807) is 0 Å². The molecule has 1 atom stereocenters. The predicted molar refractivity (Wildman–Crippen MR) is 79.1 cm³/mol. The first-order chi connectivity index (χ1) is 8.97. The Labute approximate surface area is 115 Å². The highest BCUT2D eigenvalue weighted by Gasteiger charge is 2.26. The van der Waals surface area contributed by atoms with Gasteiger partial charge in [-0.05, 0) is 30.7 Å². The smallest absolute Gasteiger partial charge is 0.0707 e. The van der Waals surface area contributed by atoms with Crippen molar-refractivity contribution in [3.05, 3.63) is 30.0 Å². The van der Waals surface area contributed by atoms with Crippen molar-refractivity contribution in [2.75, 3.05) is 6.61 Å². The number of benzene rings is 1. The molecule has 3 nitrogen and oxygen atoms in total. The molecule has 0 radical (unpaired) electrons. The molecule has 1 aromatic heterocycles. The molecule has 1 N–H and O–H groups in total. The number of aliphatic hydroxyl groups is 1. The molecular weight excluding hydrogens is 236 g/mol. The van der Waals surface area contributed by atoms with Crippen LogP contribution in [0.2, 0.25) is 0 Å². The molecule has 0 saturated carbocycles. The fraction of sp³-hybridized carbons (Fsp3) is 0.562. The summed E-state index contributed by atoms with van der Waals surface area (Å²) in [5.41, 5.74) is 2.38. The van der Waals surface area contributed by atoms with Crippen molar-refractivity contribution in [3.8, 4) is 0 Å². The van der Waals surface area contributed by atoms with E-state index < -0.39 is 0 Å². The molecule has 0 bridgehead atoms. The second-order valence-electron chi connectivity index (χ2n) is 6.23. The second-order valence-corrected chi connectivity index (χ2v) is 6.23. The minimum Gasteiger partial charge on any atom is -0.396 e. The SMILES string of the molecule is CCn1nc(CC(CO)C(C)(C)C)c2ccccc21. The van der Waals surface area contributed by atoms with Crippen molar-refractivity contribution >= 4 is 10.9 Å². The predicted octanol–water partition coefficient (Wildman–Crippen LogP) is 3.25. The Bertz CT molecular complexity index is 551. The van der Waals surface area contributed by atoms with Gasteiger partial charge in [-0.25, -0.2) is 0 Å². The highest BCUT2D eigenvalue weighted by atomic mass is 16.3. The van der Waals surface area contributed by atoms with Crippen LogP contribution in [0.3, 0.4) is 0 Å². The largest absolute Gasteiger partial charge is 0.396 e. The van der Waals surface area contributed by atoms with Gasteiger partial charge in [-0.3, -0.25) is 4.68 Å². The quantitative estimate of drug-likeness (QED) is 0.916.